The Morgan fingerprint density at radius 3 is 0.765 bits per heavy atom. The smallest absolute Gasteiger partial charge is 0.306 e. The molecule has 0 aromatic carbocycles. The highest BCUT2D eigenvalue weighted by Crippen LogP contribution is 2.18. The van der Waals surface area contributed by atoms with E-state index < -0.39 is 6.10 Å². The van der Waals surface area contributed by atoms with Gasteiger partial charge in [-0.2, -0.15) is 0 Å². The molecule has 6 heteroatoms. The van der Waals surface area contributed by atoms with E-state index in [4.69, 9.17) is 14.2 Å². The molecule has 0 aliphatic heterocycles. The van der Waals surface area contributed by atoms with E-state index in [-0.39, 0.29) is 31.1 Å². The summed E-state index contributed by atoms with van der Waals surface area (Å²) in [7, 11) is 0. The number of carbonyl (C=O) groups excluding carboxylic acids is 3. The second-order valence-electron chi connectivity index (χ2n) is 23.8. The summed E-state index contributed by atoms with van der Waals surface area (Å²) in [4.78, 5) is 38.5. The van der Waals surface area contributed by atoms with Crippen molar-refractivity contribution >= 4 is 17.9 Å². The van der Waals surface area contributed by atoms with Crippen LogP contribution < -0.4 is 0 Å². The SMILES string of the molecule is CC/C=C\C/C=C\C/C=C\C/C=C\C/C=C\CCCCCCCCCCCC(=O)OCC(COC(=O)CCCCCCC/C=C\CCCCCCCC)OC(=O)CCCCCCCCCCCCCCCCCCCCCCCCC. The van der Waals surface area contributed by atoms with Crippen molar-refractivity contribution in [2.45, 2.75) is 374 Å². The van der Waals surface area contributed by atoms with Crippen molar-refractivity contribution in [2.24, 2.45) is 0 Å². The Labute approximate surface area is 503 Å². The molecule has 0 radical (unpaired) electrons. The van der Waals surface area contributed by atoms with Crippen molar-refractivity contribution in [1.82, 2.24) is 0 Å². The highest BCUT2D eigenvalue weighted by Gasteiger charge is 2.19. The summed E-state index contributed by atoms with van der Waals surface area (Å²) in [6, 6.07) is 0. The zero-order valence-corrected chi connectivity index (χ0v) is 54.1. The fourth-order valence-corrected chi connectivity index (χ4v) is 10.4. The molecule has 470 valence electrons. The molecule has 0 spiro atoms. The lowest BCUT2D eigenvalue weighted by atomic mass is 10.0. The maximum Gasteiger partial charge on any atom is 0.306 e. The molecule has 0 N–H and O–H groups in total. The van der Waals surface area contributed by atoms with Crippen LogP contribution in [0.1, 0.15) is 367 Å². The third kappa shape index (κ3) is 67.5. The lowest BCUT2D eigenvalue weighted by Gasteiger charge is -2.18. The largest absolute Gasteiger partial charge is 0.462 e. The van der Waals surface area contributed by atoms with Gasteiger partial charge in [0.1, 0.15) is 13.2 Å². The minimum Gasteiger partial charge on any atom is -0.462 e. The van der Waals surface area contributed by atoms with E-state index in [0.717, 1.165) is 103 Å². The number of unbranched alkanes of at least 4 members (excludes halogenated alkanes) is 42. The zero-order valence-electron chi connectivity index (χ0n) is 54.1. The summed E-state index contributed by atoms with van der Waals surface area (Å²) in [5.41, 5.74) is 0. The van der Waals surface area contributed by atoms with Gasteiger partial charge < -0.3 is 14.2 Å². The number of ether oxygens (including phenoxy) is 3. The van der Waals surface area contributed by atoms with Gasteiger partial charge in [0.25, 0.3) is 0 Å². The van der Waals surface area contributed by atoms with Gasteiger partial charge in [0.15, 0.2) is 6.10 Å². The average Bonchev–Trinajstić information content (AvgIpc) is 3.47. The van der Waals surface area contributed by atoms with Crippen LogP contribution in [0.2, 0.25) is 0 Å². The van der Waals surface area contributed by atoms with Crippen molar-refractivity contribution in [3.63, 3.8) is 0 Å². The Morgan fingerprint density at radius 1 is 0.259 bits per heavy atom. The Hall–Kier alpha value is -3.15. The number of hydrogen-bond donors (Lipinski definition) is 0. The van der Waals surface area contributed by atoms with Crippen molar-refractivity contribution in [3.8, 4) is 0 Å². The molecule has 0 saturated heterocycles. The van der Waals surface area contributed by atoms with Gasteiger partial charge in [-0.05, 0) is 89.9 Å². The summed E-state index contributed by atoms with van der Waals surface area (Å²) in [5.74, 6) is -0.868. The summed E-state index contributed by atoms with van der Waals surface area (Å²) in [6.07, 6.45) is 90.7. The van der Waals surface area contributed by atoms with Gasteiger partial charge in [-0.25, -0.2) is 0 Å². The Balaban J connectivity index is 4.32. The molecule has 1 unspecified atom stereocenters. The first-order chi connectivity index (χ1) is 40.0. The van der Waals surface area contributed by atoms with Crippen molar-refractivity contribution in [2.75, 3.05) is 13.2 Å². The van der Waals surface area contributed by atoms with Gasteiger partial charge in [0, 0.05) is 19.3 Å². The van der Waals surface area contributed by atoms with Crippen LogP contribution in [0.25, 0.3) is 0 Å². The van der Waals surface area contributed by atoms with Gasteiger partial charge in [-0.1, -0.05) is 331 Å². The number of hydrogen-bond acceptors (Lipinski definition) is 6. The van der Waals surface area contributed by atoms with E-state index in [0.29, 0.717) is 19.3 Å². The second-order valence-corrected chi connectivity index (χ2v) is 23.8. The average molecular weight is 1130 g/mol. The quantitative estimate of drug-likeness (QED) is 0.0261. The predicted molar refractivity (Wildman–Crippen MR) is 353 cm³/mol. The summed E-state index contributed by atoms with van der Waals surface area (Å²) in [6.45, 7) is 6.57. The first kappa shape index (κ1) is 77.9. The Kier molecular flexibility index (Phi) is 66.6. The Bertz CT molecular complexity index is 1490. The molecule has 0 aliphatic rings. The van der Waals surface area contributed by atoms with Gasteiger partial charge >= 0.3 is 17.9 Å². The predicted octanol–water partition coefficient (Wildman–Crippen LogP) is 24.4. The third-order valence-electron chi connectivity index (χ3n) is 15.7. The Morgan fingerprint density at radius 2 is 0.481 bits per heavy atom. The number of allylic oxidation sites excluding steroid dienone is 12. The fourth-order valence-electron chi connectivity index (χ4n) is 10.4. The summed E-state index contributed by atoms with van der Waals surface area (Å²) in [5, 5.41) is 0. The molecule has 0 bridgehead atoms. The van der Waals surface area contributed by atoms with Gasteiger partial charge in [0.05, 0.1) is 0 Å². The minimum absolute atomic E-state index is 0.0776. The molecule has 81 heavy (non-hydrogen) atoms. The number of carbonyl (C=O) groups is 3. The van der Waals surface area contributed by atoms with E-state index in [1.54, 1.807) is 0 Å². The maximum atomic E-state index is 13.0. The van der Waals surface area contributed by atoms with E-state index in [1.165, 1.54) is 225 Å². The van der Waals surface area contributed by atoms with E-state index in [9.17, 15) is 14.4 Å². The molecule has 1 atom stereocenters. The lowest BCUT2D eigenvalue weighted by molar-refractivity contribution is -0.167. The van der Waals surface area contributed by atoms with Crippen molar-refractivity contribution in [1.29, 1.82) is 0 Å². The zero-order chi connectivity index (χ0) is 58.5. The second kappa shape index (κ2) is 69.3. The maximum absolute atomic E-state index is 13.0. The number of rotatable bonds is 65. The van der Waals surface area contributed by atoms with Gasteiger partial charge in [0.2, 0.25) is 0 Å². The van der Waals surface area contributed by atoms with Gasteiger partial charge in [-0.3, -0.25) is 14.4 Å². The molecule has 0 rings (SSSR count). The normalized spacial score (nSPS) is 12.5. The number of esters is 3. The molecule has 0 saturated carbocycles. The van der Waals surface area contributed by atoms with Crippen LogP contribution in [0.15, 0.2) is 72.9 Å². The summed E-state index contributed by atoms with van der Waals surface area (Å²) >= 11 is 0. The molecule has 0 fully saturated rings. The minimum atomic E-state index is -0.781. The van der Waals surface area contributed by atoms with Crippen LogP contribution in [0.3, 0.4) is 0 Å². The molecular weight excluding hydrogens is 997 g/mol. The van der Waals surface area contributed by atoms with Crippen LogP contribution in [0, 0.1) is 0 Å². The standard InChI is InChI=1S/C75H134O6/c1-4-7-10-13-16-19-22-25-28-30-32-34-36-37-39-40-42-44-47-50-53-56-59-62-65-68-74(77)80-71-72(70-79-73(76)67-64-61-58-55-52-49-46-27-24-21-18-15-12-9-6-3)81-75(78)69-66-63-60-57-54-51-48-45-43-41-38-35-33-31-29-26-23-20-17-14-11-8-5-2/h7,10,16,19,25,27-28,32,34,37,39,46,72H,4-6,8-9,11-15,17-18,20-24,26,29-31,33,35-36,38,40-45,47-71H2,1-3H3/b10-7-,19-16-,28-25-,34-32-,39-37-,46-27-. The lowest BCUT2D eigenvalue weighted by Crippen LogP contribution is -2.30. The molecule has 0 amide bonds. The third-order valence-corrected chi connectivity index (χ3v) is 15.7. The fraction of sp³-hybridized carbons (Fsp3) is 0.800. The topological polar surface area (TPSA) is 78.9 Å². The molecular formula is C75H134O6. The first-order valence-corrected chi connectivity index (χ1v) is 35.4. The van der Waals surface area contributed by atoms with E-state index >= 15 is 0 Å². The monoisotopic (exact) mass is 1130 g/mol. The summed E-state index contributed by atoms with van der Waals surface area (Å²) < 4.78 is 17.0. The van der Waals surface area contributed by atoms with Crippen molar-refractivity contribution < 1.29 is 28.6 Å². The van der Waals surface area contributed by atoms with E-state index in [1.807, 2.05) is 0 Å². The van der Waals surface area contributed by atoms with Crippen LogP contribution in [-0.4, -0.2) is 37.2 Å². The highest BCUT2D eigenvalue weighted by atomic mass is 16.6. The van der Waals surface area contributed by atoms with Crippen LogP contribution in [0.5, 0.6) is 0 Å². The van der Waals surface area contributed by atoms with Crippen LogP contribution in [-0.2, 0) is 28.6 Å². The van der Waals surface area contributed by atoms with Gasteiger partial charge in [-0.15, -0.1) is 0 Å². The molecule has 0 aromatic rings. The van der Waals surface area contributed by atoms with E-state index in [2.05, 4.69) is 93.7 Å². The van der Waals surface area contributed by atoms with Crippen molar-refractivity contribution in [3.05, 3.63) is 72.9 Å². The van der Waals surface area contributed by atoms with Crippen LogP contribution in [0.4, 0.5) is 0 Å². The highest BCUT2D eigenvalue weighted by molar-refractivity contribution is 5.71. The molecule has 6 nitrogen and oxygen atoms in total. The molecule has 0 aromatic heterocycles. The molecule has 0 aliphatic carbocycles. The first-order valence-electron chi connectivity index (χ1n) is 35.4. The van der Waals surface area contributed by atoms with Crippen LogP contribution >= 0.6 is 0 Å². The molecule has 0 heterocycles.